The van der Waals surface area contributed by atoms with Crippen LogP contribution in [0.25, 0.3) is 11.1 Å². The molecule has 0 aromatic heterocycles. The van der Waals surface area contributed by atoms with Gasteiger partial charge in [-0.05, 0) is 35.7 Å². The number of benzene rings is 3. The van der Waals surface area contributed by atoms with E-state index in [9.17, 15) is 0 Å². The first kappa shape index (κ1) is 17.9. The van der Waals surface area contributed by atoms with Crippen LogP contribution in [0.3, 0.4) is 0 Å². The third-order valence-electron chi connectivity index (χ3n) is 4.54. The molecule has 1 aliphatic heterocycles. The molecule has 0 radical (unpaired) electrons. The first-order valence-electron chi connectivity index (χ1n) is 9.02. The van der Waals surface area contributed by atoms with Crippen LogP contribution < -0.4 is 9.47 Å². The summed E-state index contributed by atoms with van der Waals surface area (Å²) in [5, 5.41) is 0.641. The van der Waals surface area contributed by atoms with Gasteiger partial charge in [0.25, 0.3) is 0 Å². The average molecular weight is 381 g/mol. The van der Waals surface area contributed by atoms with Crippen LogP contribution in [0, 0.1) is 6.92 Å². The van der Waals surface area contributed by atoms with E-state index in [2.05, 4.69) is 19.1 Å². The lowest BCUT2D eigenvalue weighted by Crippen LogP contribution is -2.07. The highest BCUT2D eigenvalue weighted by atomic mass is 35.5. The van der Waals surface area contributed by atoms with Gasteiger partial charge in [-0.2, -0.15) is 0 Å². The normalized spacial score (nSPS) is 15.4. The van der Waals surface area contributed by atoms with Crippen molar-refractivity contribution in [3.63, 3.8) is 0 Å². The minimum atomic E-state index is 0.171. The molecule has 0 N–H and O–H groups in total. The number of halogens is 1. The molecule has 0 amide bonds. The van der Waals surface area contributed by atoms with Gasteiger partial charge in [0.1, 0.15) is 19.3 Å². The van der Waals surface area contributed by atoms with Gasteiger partial charge in [0.2, 0.25) is 0 Å². The quantitative estimate of drug-likeness (QED) is 0.494. The minimum Gasteiger partial charge on any atom is -0.487 e. The second kappa shape index (κ2) is 8.03. The van der Waals surface area contributed by atoms with E-state index in [1.165, 1.54) is 0 Å². The molecule has 3 nitrogen and oxygen atoms in total. The van der Waals surface area contributed by atoms with Crippen molar-refractivity contribution in [2.45, 2.75) is 19.6 Å². The fourth-order valence-electron chi connectivity index (χ4n) is 2.98. The Morgan fingerprint density at radius 1 is 0.963 bits per heavy atom. The van der Waals surface area contributed by atoms with Crippen LogP contribution in [0.15, 0.2) is 66.7 Å². The van der Waals surface area contributed by atoms with E-state index in [1.807, 2.05) is 54.6 Å². The minimum absolute atomic E-state index is 0.171. The maximum absolute atomic E-state index is 6.60. The highest BCUT2D eigenvalue weighted by Gasteiger charge is 2.25. The molecule has 1 saturated heterocycles. The van der Waals surface area contributed by atoms with E-state index < -0.39 is 0 Å². The summed E-state index contributed by atoms with van der Waals surface area (Å²) in [5.41, 5.74) is 4.12. The van der Waals surface area contributed by atoms with Crippen molar-refractivity contribution < 1.29 is 14.2 Å². The molecular weight excluding hydrogens is 360 g/mol. The lowest BCUT2D eigenvalue weighted by Gasteiger charge is -2.19. The molecule has 0 unspecified atom stereocenters. The summed E-state index contributed by atoms with van der Waals surface area (Å²) < 4.78 is 17.5. The number of hydrogen-bond donors (Lipinski definition) is 0. The van der Waals surface area contributed by atoms with Crippen molar-refractivity contribution in [1.29, 1.82) is 0 Å². The Balaban J connectivity index is 1.73. The number of ether oxygens (including phenoxy) is 3. The Morgan fingerprint density at radius 3 is 2.44 bits per heavy atom. The molecule has 4 rings (SSSR count). The predicted molar refractivity (Wildman–Crippen MR) is 108 cm³/mol. The van der Waals surface area contributed by atoms with E-state index >= 15 is 0 Å². The molecule has 4 heteroatoms. The van der Waals surface area contributed by atoms with Gasteiger partial charge in [-0.3, -0.25) is 0 Å². The van der Waals surface area contributed by atoms with Gasteiger partial charge in [-0.1, -0.05) is 66.2 Å². The smallest absolute Gasteiger partial charge is 0.171 e. The zero-order valence-electron chi connectivity index (χ0n) is 15.2. The van der Waals surface area contributed by atoms with Crippen molar-refractivity contribution in [1.82, 2.24) is 0 Å². The number of epoxide rings is 1. The number of hydrogen-bond acceptors (Lipinski definition) is 3. The Labute approximate surface area is 164 Å². The zero-order valence-corrected chi connectivity index (χ0v) is 15.9. The molecule has 27 heavy (non-hydrogen) atoms. The molecule has 3 aromatic rings. The highest BCUT2D eigenvalue weighted by molar-refractivity contribution is 6.33. The molecular formula is C23H21ClO3. The van der Waals surface area contributed by atoms with Crippen molar-refractivity contribution in [2.24, 2.45) is 0 Å². The van der Waals surface area contributed by atoms with Gasteiger partial charge >= 0.3 is 0 Å². The fourth-order valence-corrected chi connectivity index (χ4v) is 3.23. The average Bonchev–Trinajstić information content (AvgIpc) is 3.52. The molecule has 1 heterocycles. The molecule has 0 saturated carbocycles. The second-order valence-electron chi connectivity index (χ2n) is 6.61. The molecule has 0 spiro atoms. The van der Waals surface area contributed by atoms with Crippen LogP contribution in [0.2, 0.25) is 5.02 Å². The lowest BCUT2D eigenvalue weighted by atomic mass is 9.99. The van der Waals surface area contributed by atoms with Crippen LogP contribution in [0.5, 0.6) is 11.5 Å². The molecule has 1 aliphatic rings. The standard InChI is InChI=1S/C23H21ClO3/c1-16-7-5-6-10-19(16)22-20(24)11-12-21(26-15-18-14-25-18)23(22)27-13-17-8-3-2-4-9-17/h2-12,18H,13-15H2,1H3/t18-/m1/s1. The van der Waals surface area contributed by atoms with Crippen LogP contribution in [-0.2, 0) is 11.3 Å². The predicted octanol–water partition coefficient (Wildman–Crippen LogP) is 5.67. The Hall–Kier alpha value is -2.49. The molecule has 138 valence electrons. The first-order valence-corrected chi connectivity index (χ1v) is 9.40. The van der Waals surface area contributed by atoms with Gasteiger partial charge in [0, 0.05) is 5.56 Å². The maximum Gasteiger partial charge on any atom is 0.171 e. The van der Waals surface area contributed by atoms with E-state index in [4.69, 9.17) is 25.8 Å². The molecule has 1 fully saturated rings. The SMILES string of the molecule is Cc1ccccc1-c1c(Cl)ccc(OC[C@H]2CO2)c1OCc1ccccc1. The first-order chi connectivity index (χ1) is 13.2. The summed E-state index contributed by atoms with van der Waals surface area (Å²) in [6.07, 6.45) is 0.171. The van der Waals surface area contributed by atoms with Crippen molar-refractivity contribution in [3.05, 3.63) is 82.9 Å². The number of rotatable bonds is 7. The lowest BCUT2D eigenvalue weighted by molar-refractivity contribution is 0.238. The largest absolute Gasteiger partial charge is 0.487 e. The maximum atomic E-state index is 6.60. The summed E-state index contributed by atoms with van der Waals surface area (Å²) in [7, 11) is 0. The van der Waals surface area contributed by atoms with Crippen LogP contribution >= 0.6 is 11.6 Å². The molecule has 3 aromatic carbocycles. The van der Waals surface area contributed by atoms with Gasteiger partial charge in [0.15, 0.2) is 11.5 Å². The third kappa shape index (κ3) is 4.26. The Kier molecular flexibility index (Phi) is 5.33. The highest BCUT2D eigenvalue weighted by Crippen LogP contribution is 2.44. The Morgan fingerprint density at radius 2 is 1.70 bits per heavy atom. The third-order valence-corrected chi connectivity index (χ3v) is 4.85. The second-order valence-corrected chi connectivity index (χ2v) is 7.01. The Bertz CT molecular complexity index is 920. The molecule has 0 aliphatic carbocycles. The van der Waals surface area contributed by atoms with Gasteiger partial charge in [-0.15, -0.1) is 0 Å². The zero-order chi connectivity index (χ0) is 18.6. The van der Waals surface area contributed by atoms with Crippen molar-refractivity contribution in [2.75, 3.05) is 13.2 Å². The van der Waals surface area contributed by atoms with Crippen molar-refractivity contribution in [3.8, 4) is 22.6 Å². The van der Waals surface area contributed by atoms with E-state index in [0.29, 0.717) is 29.7 Å². The van der Waals surface area contributed by atoms with Gasteiger partial charge < -0.3 is 14.2 Å². The summed E-state index contributed by atoms with van der Waals surface area (Å²) in [6.45, 7) is 3.77. The monoisotopic (exact) mass is 380 g/mol. The summed E-state index contributed by atoms with van der Waals surface area (Å²) in [5.74, 6) is 1.35. The van der Waals surface area contributed by atoms with Crippen LogP contribution in [0.1, 0.15) is 11.1 Å². The van der Waals surface area contributed by atoms with Crippen molar-refractivity contribution >= 4 is 11.6 Å². The summed E-state index contributed by atoms with van der Waals surface area (Å²) in [4.78, 5) is 0. The van der Waals surface area contributed by atoms with E-state index in [0.717, 1.165) is 28.9 Å². The van der Waals surface area contributed by atoms with Gasteiger partial charge in [0.05, 0.1) is 11.6 Å². The molecule has 1 atom stereocenters. The summed E-state index contributed by atoms with van der Waals surface area (Å²) in [6, 6.07) is 21.9. The van der Waals surface area contributed by atoms with Crippen LogP contribution in [0.4, 0.5) is 0 Å². The summed E-state index contributed by atoms with van der Waals surface area (Å²) >= 11 is 6.60. The van der Waals surface area contributed by atoms with Crippen LogP contribution in [-0.4, -0.2) is 19.3 Å². The fraction of sp³-hybridized carbons (Fsp3) is 0.217. The number of aryl methyl sites for hydroxylation is 1. The van der Waals surface area contributed by atoms with E-state index in [-0.39, 0.29) is 6.10 Å². The van der Waals surface area contributed by atoms with E-state index in [1.54, 1.807) is 0 Å². The topological polar surface area (TPSA) is 31.0 Å². The molecule has 0 bridgehead atoms. The van der Waals surface area contributed by atoms with Gasteiger partial charge in [-0.25, -0.2) is 0 Å².